The number of hydrogen-bond donors (Lipinski definition) is 1. The molecule has 1 rings (SSSR count). The van der Waals surface area contributed by atoms with Crippen molar-refractivity contribution in [3.63, 3.8) is 0 Å². The van der Waals surface area contributed by atoms with Crippen molar-refractivity contribution in [2.24, 2.45) is 5.10 Å². The summed E-state index contributed by atoms with van der Waals surface area (Å²) in [4.78, 5) is 2.67. The molecule has 0 spiro atoms. The fourth-order valence-corrected chi connectivity index (χ4v) is 2.02. The Hall–Kier alpha value is -0.0200. The van der Waals surface area contributed by atoms with Gasteiger partial charge in [0.1, 0.15) is 0 Å². The summed E-state index contributed by atoms with van der Waals surface area (Å²) in [6.07, 6.45) is 1.53. The maximum absolute atomic E-state index is 13.4. The van der Waals surface area contributed by atoms with Crippen LogP contribution in [-0.4, -0.2) is 13.3 Å². The summed E-state index contributed by atoms with van der Waals surface area (Å²) >= 11 is 5.26. The Morgan fingerprint density at radius 1 is 1.67 bits per heavy atom. The van der Waals surface area contributed by atoms with Gasteiger partial charge in [0.25, 0.3) is 0 Å². The van der Waals surface area contributed by atoms with E-state index < -0.39 is 5.82 Å². The van der Waals surface area contributed by atoms with Crippen LogP contribution in [0, 0.1) is 5.82 Å². The Bertz CT molecular complexity index is 355. The minimum absolute atomic E-state index is 0.198. The normalized spacial score (nSPS) is 10.7. The standard InChI is InChI=1S/C8H7BrFIN2OS/c1-14-8-6(9)2-5(3-7(8)10)4-12-13-15-11/h2-4,13H,1H3/b12-4+. The first-order valence-corrected chi connectivity index (χ1v) is 7.93. The first kappa shape index (κ1) is 13.0. The van der Waals surface area contributed by atoms with Gasteiger partial charge in [-0.2, -0.15) is 5.10 Å². The van der Waals surface area contributed by atoms with E-state index in [0.29, 0.717) is 10.0 Å². The fourth-order valence-electron chi connectivity index (χ4n) is 0.970. The van der Waals surface area contributed by atoms with Crippen LogP contribution in [-0.2, 0) is 0 Å². The predicted molar refractivity (Wildman–Crippen MR) is 73.0 cm³/mol. The third-order valence-electron chi connectivity index (χ3n) is 1.53. The Labute approximate surface area is 112 Å². The fraction of sp³-hybridized carbons (Fsp3) is 0.125. The number of hydrogen-bond acceptors (Lipinski definition) is 4. The van der Waals surface area contributed by atoms with Gasteiger partial charge in [-0.1, -0.05) is 0 Å². The average Bonchev–Trinajstić information content (AvgIpc) is 2.18. The van der Waals surface area contributed by atoms with Crippen LogP contribution in [0.4, 0.5) is 4.39 Å². The number of rotatable bonds is 4. The van der Waals surface area contributed by atoms with Gasteiger partial charge in [0.05, 0.1) is 17.8 Å². The first-order valence-electron chi connectivity index (χ1n) is 3.77. The van der Waals surface area contributed by atoms with Gasteiger partial charge in [-0.15, -0.1) is 0 Å². The van der Waals surface area contributed by atoms with Crippen molar-refractivity contribution in [1.29, 1.82) is 0 Å². The first-order chi connectivity index (χ1) is 7.19. The molecule has 1 N–H and O–H groups in total. The number of nitrogens with zero attached hydrogens (tertiary/aromatic N) is 1. The number of ether oxygens (including phenoxy) is 1. The molecule has 0 heterocycles. The van der Waals surface area contributed by atoms with Crippen LogP contribution in [0.15, 0.2) is 21.7 Å². The summed E-state index contributed by atoms with van der Waals surface area (Å²) in [5.74, 6) is -0.223. The van der Waals surface area contributed by atoms with Gasteiger partial charge in [0, 0.05) is 30.3 Å². The van der Waals surface area contributed by atoms with Crippen LogP contribution >= 0.6 is 46.3 Å². The summed E-state index contributed by atoms with van der Waals surface area (Å²) in [7, 11) is 2.75. The van der Waals surface area contributed by atoms with Crippen LogP contribution in [0.25, 0.3) is 0 Å². The molecule has 0 aliphatic carbocycles. The molecule has 0 unspecified atom stereocenters. The van der Waals surface area contributed by atoms with Crippen molar-refractivity contribution in [2.75, 3.05) is 7.11 Å². The summed E-state index contributed by atoms with van der Waals surface area (Å²) < 4.78 is 18.8. The molecule has 0 bridgehead atoms. The molecule has 0 aliphatic rings. The molecule has 0 aliphatic heterocycles. The quantitative estimate of drug-likeness (QED) is 0.361. The smallest absolute Gasteiger partial charge is 0.168 e. The van der Waals surface area contributed by atoms with E-state index >= 15 is 0 Å². The third-order valence-corrected chi connectivity index (χ3v) is 2.88. The van der Waals surface area contributed by atoms with Crippen molar-refractivity contribution in [1.82, 2.24) is 4.83 Å². The zero-order valence-electron chi connectivity index (χ0n) is 7.63. The van der Waals surface area contributed by atoms with E-state index in [1.54, 1.807) is 6.07 Å². The molecule has 0 aromatic heterocycles. The lowest BCUT2D eigenvalue weighted by Crippen LogP contribution is -1.94. The number of nitrogens with one attached hydrogen (secondary N) is 1. The molecule has 1 aromatic carbocycles. The SMILES string of the molecule is COc1c(F)cc(/C=N/NSI)cc1Br. The lowest BCUT2D eigenvalue weighted by atomic mass is 10.2. The minimum Gasteiger partial charge on any atom is -0.492 e. The second-order valence-corrected chi connectivity index (χ2v) is 4.96. The molecule has 0 amide bonds. The van der Waals surface area contributed by atoms with Crippen LogP contribution in [0.2, 0.25) is 0 Å². The van der Waals surface area contributed by atoms with E-state index in [1.165, 1.54) is 28.5 Å². The minimum atomic E-state index is -0.421. The summed E-state index contributed by atoms with van der Waals surface area (Å²) in [6.45, 7) is 0. The van der Waals surface area contributed by atoms with Gasteiger partial charge in [-0.3, -0.25) is 0 Å². The van der Waals surface area contributed by atoms with E-state index in [1.807, 2.05) is 21.2 Å². The summed E-state index contributed by atoms with van der Waals surface area (Å²) in [6, 6.07) is 3.08. The Kier molecular flexibility index (Phi) is 5.69. The average molecular weight is 405 g/mol. The maximum atomic E-state index is 13.4. The molecular formula is C8H7BrFIN2OS. The van der Waals surface area contributed by atoms with Gasteiger partial charge < -0.3 is 4.74 Å². The van der Waals surface area contributed by atoms with Crippen molar-refractivity contribution < 1.29 is 9.13 Å². The van der Waals surface area contributed by atoms with Crippen LogP contribution < -0.4 is 9.57 Å². The Balaban J connectivity index is 2.93. The number of hydrazone groups is 1. The molecule has 15 heavy (non-hydrogen) atoms. The monoisotopic (exact) mass is 404 g/mol. The van der Waals surface area contributed by atoms with Gasteiger partial charge in [0.15, 0.2) is 11.6 Å². The van der Waals surface area contributed by atoms with Gasteiger partial charge in [-0.05, 0) is 33.6 Å². The van der Waals surface area contributed by atoms with Gasteiger partial charge >= 0.3 is 0 Å². The zero-order chi connectivity index (χ0) is 11.3. The van der Waals surface area contributed by atoms with Crippen LogP contribution in [0.5, 0.6) is 5.75 Å². The van der Waals surface area contributed by atoms with Crippen LogP contribution in [0.1, 0.15) is 5.56 Å². The van der Waals surface area contributed by atoms with Crippen molar-refractivity contribution in [3.8, 4) is 5.75 Å². The lowest BCUT2D eigenvalue weighted by molar-refractivity contribution is 0.384. The molecule has 0 fully saturated rings. The highest BCUT2D eigenvalue weighted by atomic mass is 127. The molecule has 0 saturated carbocycles. The highest BCUT2D eigenvalue weighted by Crippen LogP contribution is 2.28. The van der Waals surface area contributed by atoms with E-state index in [0.717, 1.165) is 0 Å². The van der Waals surface area contributed by atoms with E-state index in [9.17, 15) is 4.39 Å². The van der Waals surface area contributed by atoms with E-state index in [2.05, 4.69) is 25.9 Å². The van der Waals surface area contributed by atoms with Crippen molar-refractivity contribution in [2.45, 2.75) is 0 Å². The predicted octanol–water partition coefficient (Wildman–Crippen LogP) is 3.52. The zero-order valence-corrected chi connectivity index (χ0v) is 12.2. The largest absolute Gasteiger partial charge is 0.492 e. The molecule has 0 atom stereocenters. The van der Waals surface area contributed by atoms with Crippen molar-refractivity contribution in [3.05, 3.63) is 28.0 Å². The number of benzene rings is 1. The summed E-state index contributed by atoms with van der Waals surface area (Å²) in [5, 5.41) is 3.85. The Morgan fingerprint density at radius 3 is 2.93 bits per heavy atom. The second kappa shape index (κ2) is 6.54. The second-order valence-electron chi connectivity index (χ2n) is 2.44. The highest BCUT2D eigenvalue weighted by molar-refractivity contribution is 14.2. The molecule has 7 heteroatoms. The van der Waals surface area contributed by atoms with E-state index in [-0.39, 0.29) is 5.75 Å². The van der Waals surface area contributed by atoms with Gasteiger partial charge in [-0.25, -0.2) is 9.22 Å². The van der Waals surface area contributed by atoms with Gasteiger partial charge in [0.2, 0.25) is 0 Å². The molecular weight excluding hydrogens is 398 g/mol. The summed E-state index contributed by atoms with van der Waals surface area (Å²) in [5.41, 5.74) is 0.651. The maximum Gasteiger partial charge on any atom is 0.168 e. The Morgan fingerprint density at radius 2 is 2.40 bits per heavy atom. The van der Waals surface area contributed by atoms with E-state index in [4.69, 9.17) is 4.74 Å². The number of methoxy groups -OCH3 is 1. The molecule has 0 radical (unpaired) electrons. The van der Waals surface area contributed by atoms with Crippen LogP contribution in [0.3, 0.4) is 0 Å². The highest BCUT2D eigenvalue weighted by Gasteiger charge is 2.08. The number of halogens is 3. The topological polar surface area (TPSA) is 33.6 Å². The lowest BCUT2D eigenvalue weighted by Gasteiger charge is -2.05. The van der Waals surface area contributed by atoms with Crippen molar-refractivity contribution >= 4 is 52.5 Å². The molecule has 0 saturated heterocycles. The molecule has 1 aromatic rings. The molecule has 82 valence electrons. The molecule has 3 nitrogen and oxygen atoms in total. The third kappa shape index (κ3) is 3.80.